The fourth-order valence-corrected chi connectivity index (χ4v) is 2.32. The molecule has 0 radical (unpaired) electrons. The molecule has 0 atom stereocenters. The second kappa shape index (κ2) is 6.11. The van der Waals surface area contributed by atoms with Crippen LogP contribution in [0, 0.1) is 11.3 Å². The van der Waals surface area contributed by atoms with Crippen molar-refractivity contribution in [1.82, 2.24) is 5.32 Å². The number of halogens is 3. The third-order valence-electron chi connectivity index (χ3n) is 3.95. The van der Waals surface area contributed by atoms with Crippen LogP contribution < -0.4 is 5.32 Å². The molecule has 0 aromatic rings. The van der Waals surface area contributed by atoms with Crippen molar-refractivity contribution in [3.63, 3.8) is 0 Å². The van der Waals surface area contributed by atoms with E-state index in [4.69, 9.17) is 5.11 Å². The zero-order valence-electron chi connectivity index (χ0n) is 11.4. The molecule has 2 N–H and O–H groups in total. The zero-order chi connectivity index (χ0) is 14.7. The highest BCUT2D eigenvalue weighted by molar-refractivity contribution is 5.73. The first-order valence-electron chi connectivity index (χ1n) is 6.66. The highest BCUT2D eigenvalue weighted by atomic mass is 19.4. The predicted octanol–water partition coefficient (Wildman–Crippen LogP) is 3.20. The van der Waals surface area contributed by atoms with Crippen molar-refractivity contribution in [2.75, 3.05) is 6.54 Å². The molecule has 0 unspecified atom stereocenters. The average Bonchev–Trinajstić information content (AvgIpc) is 2.28. The number of carbonyl (C=O) groups is 1. The van der Waals surface area contributed by atoms with Crippen molar-refractivity contribution in [2.45, 2.75) is 58.2 Å². The molecule has 0 spiro atoms. The number of aliphatic carboxylic acids is 1. The van der Waals surface area contributed by atoms with Gasteiger partial charge in [-0.3, -0.25) is 4.79 Å². The number of carboxylic acid groups (broad SMARTS) is 1. The number of rotatable bonds is 5. The standard InChI is InChI=1S/C13H22F3NO2/c1-12(2,11(18)19)7-8-17-10-5-3-9(4-6-10)13(14,15)16/h9-10,17H,3-8H2,1-2H3,(H,18,19). The van der Waals surface area contributed by atoms with E-state index in [0.29, 0.717) is 25.8 Å². The Bertz CT molecular complexity index is 308. The van der Waals surface area contributed by atoms with Gasteiger partial charge in [0.15, 0.2) is 0 Å². The molecule has 0 aromatic heterocycles. The van der Waals surface area contributed by atoms with Crippen LogP contribution in [0.2, 0.25) is 0 Å². The van der Waals surface area contributed by atoms with E-state index in [0.717, 1.165) is 0 Å². The van der Waals surface area contributed by atoms with Gasteiger partial charge in [-0.25, -0.2) is 0 Å². The lowest BCUT2D eigenvalue weighted by Crippen LogP contribution is -2.39. The molecule has 6 heteroatoms. The second-order valence-electron chi connectivity index (χ2n) is 5.98. The van der Waals surface area contributed by atoms with E-state index in [2.05, 4.69) is 5.32 Å². The molecule has 3 nitrogen and oxygen atoms in total. The Labute approximate surface area is 111 Å². The van der Waals surface area contributed by atoms with E-state index in [-0.39, 0.29) is 18.9 Å². The zero-order valence-corrected chi connectivity index (χ0v) is 11.4. The van der Waals surface area contributed by atoms with Crippen LogP contribution in [-0.4, -0.2) is 29.8 Å². The highest BCUT2D eigenvalue weighted by Gasteiger charge is 2.41. The lowest BCUT2D eigenvalue weighted by Gasteiger charge is -2.31. The molecule has 0 bridgehead atoms. The summed E-state index contributed by atoms with van der Waals surface area (Å²) in [5.41, 5.74) is -0.795. The summed E-state index contributed by atoms with van der Waals surface area (Å²) in [4.78, 5) is 10.9. The predicted molar refractivity (Wildman–Crippen MR) is 65.8 cm³/mol. The minimum Gasteiger partial charge on any atom is -0.481 e. The quantitative estimate of drug-likeness (QED) is 0.813. The number of carboxylic acids is 1. The van der Waals surface area contributed by atoms with E-state index >= 15 is 0 Å². The Balaban J connectivity index is 2.26. The fraction of sp³-hybridized carbons (Fsp3) is 0.923. The fourth-order valence-electron chi connectivity index (χ4n) is 2.32. The molecule has 1 aliphatic carbocycles. The molecule has 0 aromatic carbocycles. The van der Waals surface area contributed by atoms with E-state index in [9.17, 15) is 18.0 Å². The van der Waals surface area contributed by atoms with Crippen LogP contribution in [0.1, 0.15) is 46.0 Å². The Morgan fingerprint density at radius 3 is 2.16 bits per heavy atom. The number of nitrogens with one attached hydrogen (secondary N) is 1. The molecular formula is C13H22F3NO2. The molecule has 0 amide bonds. The van der Waals surface area contributed by atoms with Gasteiger partial charge in [0.1, 0.15) is 0 Å². The Kier molecular flexibility index (Phi) is 5.24. The highest BCUT2D eigenvalue weighted by Crippen LogP contribution is 2.37. The van der Waals surface area contributed by atoms with Crippen molar-refractivity contribution in [2.24, 2.45) is 11.3 Å². The van der Waals surface area contributed by atoms with Crippen LogP contribution >= 0.6 is 0 Å². The lowest BCUT2D eigenvalue weighted by atomic mass is 9.85. The van der Waals surface area contributed by atoms with Crippen molar-refractivity contribution < 1.29 is 23.1 Å². The lowest BCUT2D eigenvalue weighted by molar-refractivity contribution is -0.182. The topological polar surface area (TPSA) is 49.3 Å². The van der Waals surface area contributed by atoms with Crippen LogP contribution in [0.4, 0.5) is 13.2 Å². The van der Waals surface area contributed by atoms with Gasteiger partial charge in [-0.2, -0.15) is 13.2 Å². The smallest absolute Gasteiger partial charge is 0.391 e. The third-order valence-corrected chi connectivity index (χ3v) is 3.95. The van der Waals surface area contributed by atoms with E-state index in [1.54, 1.807) is 13.8 Å². The number of hydrogen-bond donors (Lipinski definition) is 2. The molecule has 19 heavy (non-hydrogen) atoms. The maximum Gasteiger partial charge on any atom is 0.391 e. The van der Waals surface area contributed by atoms with Gasteiger partial charge in [0, 0.05) is 6.04 Å². The van der Waals surface area contributed by atoms with Gasteiger partial charge in [0.25, 0.3) is 0 Å². The van der Waals surface area contributed by atoms with Crippen LogP contribution in [0.5, 0.6) is 0 Å². The van der Waals surface area contributed by atoms with Gasteiger partial charge in [0.2, 0.25) is 0 Å². The van der Waals surface area contributed by atoms with Gasteiger partial charge < -0.3 is 10.4 Å². The van der Waals surface area contributed by atoms with E-state index in [1.807, 2.05) is 0 Å². The average molecular weight is 281 g/mol. The summed E-state index contributed by atoms with van der Waals surface area (Å²) in [6.07, 6.45) is -2.24. The van der Waals surface area contributed by atoms with Gasteiger partial charge in [-0.15, -0.1) is 0 Å². The van der Waals surface area contributed by atoms with Crippen LogP contribution in [0.3, 0.4) is 0 Å². The van der Waals surface area contributed by atoms with Crippen LogP contribution in [0.25, 0.3) is 0 Å². The summed E-state index contributed by atoms with van der Waals surface area (Å²) in [6, 6.07) is 0.0863. The van der Waals surface area contributed by atoms with E-state index < -0.39 is 23.5 Å². The second-order valence-corrected chi connectivity index (χ2v) is 5.98. The SMILES string of the molecule is CC(C)(CCNC1CCC(C(F)(F)F)CC1)C(=O)O. The summed E-state index contributed by atoms with van der Waals surface area (Å²) >= 11 is 0. The summed E-state index contributed by atoms with van der Waals surface area (Å²) < 4.78 is 37.4. The van der Waals surface area contributed by atoms with E-state index in [1.165, 1.54) is 0 Å². The summed E-state index contributed by atoms with van der Waals surface area (Å²) in [6.45, 7) is 3.83. The Morgan fingerprint density at radius 1 is 1.21 bits per heavy atom. The summed E-state index contributed by atoms with van der Waals surface area (Å²) in [7, 11) is 0. The first-order valence-corrected chi connectivity index (χ1v) is 6.66. The Morgan fingerprint density at radius 2 is 1.74 bits per heavy atom. The largest absolute Gasteiger partial charge is 0.481 e. The van der Waals surface area contributed by atoms with Crippen molar-refractivity contribution in [3.8, 4) is 0 Å². The molecular weight excluding hydrogens is 259 g/mol. The molecule has 1 fully saturated rings. The minimum atomic E-state index is -4.07. The van der Waals surface area contributed by atoms with Crippen LogP contribution in [0.15, 0.2) is 0 Å². The van der Waals surface area contributed by atoms with Crippen molar-refractivity contribution in [1.29, 1.82) is 0 Å². The van der Waals surface area contributed by atoms with Gasteiger partial charge >= 0.3 is 12.1 Å². The van der Waals surface area contributed by atoms with Gasteiger partial charge in [-0.05, 0) is 52.5 Å². The molecule has 1 rings (SSSR count). The normalized spacial score (nSPS) is 25.3. The van der Waals surface area contributed by atoms with Crippen molar-refractivity contribution >= 4 is 5.97 Å². The first-order chi connectivity index (χ1) is 8.63. The third kappa shape index (κ3) is 5.01. The van der Waals surface area contributed by atoms with Gasteiger partial charge in [0.05, 0.1) is 11.3 Å². The minimum absolute atomic E-state index is 0.0863. The summed E-state index contributed by atoms with van der Waals surface area (Å²) in [5, 5.41) is 12.1. The number of alkyl halides is 3. The maximum absolute atomic E-state index is 12.5. The molecule has 0 aliphatic heterocycles. The maximum atomic E-state index is 12.5. The summed E-state index contributed by atoms with van der Waals surface area (Å²) in [5.74, 6) is -2.02. The Hall–Kier alpha value is -0.780. The van der Waals surface area contributed by atoms with Crippen molar-refractivity contribution in [3.05, 3.63) is 0 Å². The monoisotopic (exact) mass is 281 g/mol. The molecule has 0 heterocycles. The molecule has 1 aliphatic rings. The van der Waals surface area contributed by atoms with Gasteiger partial charge in [-0.1, -0.05) is 0 Å². The first kappa shape index (κ1) is 16.3. The molecule has 0 saturated heterocycles. The molecule has 112 valence electrons. The molecule has 1 saturated carbocycles. The number of hydrogen-bond acceptors (Lipinski definition) is 2. The van der Waals surface area contributed by atoms with Crippen LogP contribution in [-0.2, 0) is 4.79 Å².